The van der Waals surface area contributed by atoms with Gasteiger partial charge < -0.3 is 31.1 Å². The van der Waals surface area contributed by atoms with Crippen LogP contribution in [-0.2, 0) is 9.59 Å². The largest absolute Gasteiger partial charge is 0.479 e. The summed E-state index contributed by atoms with van der Waals surface area (Å²) in [5, 5.41) is 39.0. The van der Waals surface area contributed by atoms with Gasteiger partial charge in [0.2, 0.25) is 0 Å². The Bertz CT molecular complexity index is 1260. The van der Waals surface area contributed by atoms with E-state index in [0.717, 1.165) is 38.8 Å². The lowest BCUT2D eigenvalue weighted by molar-refractivity contribution is -0.165. The van der Waals surface area contributed by atoms with Gasteiger partial charge in [-0.15, -0.1) is 0 Å². The van der Waals surface area contributed by atoms with E-state index in [1.807, 2.05) is 0 Å². The van der Waals surface area contributed by atoms with Crippen LogP contribution in [-0.4, -0.2) is 116 Å². The van der Waals surface area contributed by atoms with Gasteiger partial charge in [0, 0.05) is 13.1 Å². The number of carboxylic acids is 2. The summed E-state index contributed by atoms with van der Waals surface area (Å²) >= 11 is 0. The molecule has 45 heavy (non-hydrogen) atoms. The van der Waals surface area contributed by atoms with Crippen LogP contribution >= 0.6 is 0 Å². The van der Waals surface area contributed by atoms with Gasteiger partial charge in [0.1, 0.15) is 0 Å². The third kappa shape index (κ3) is 7.60. The highest BCUT2D eigenvalue weighted by Crippen LogP contribution is 2.27. The predicted molar refractivity (Wildman–Crippen MR) is 160 cm³/mol. The zero-order chi connectivity index (χ0) is 32.0. The minimum absolute atomic E-state index is 0. The molecule has 4 amide bonds. The van der Waals surface area contributed by atoms with Gasteiger partial charge in [-0.2, -0.15) is 0 Å². The fourth-order valence-corrected chi connectivity index (χ4v) is 5.46. The highest BCUT2D eigenvalue weighted by atomic mass is 16.4. The molecule has 4 heterocycles. The van der Waals surface area contributed by atoms with Crippen molar-refractivity contribution in [2.45, 2.75) is 57.4 Å². The summed E-state index contributed by atoms with van der Waals surface area (Å²) in [7, 11) is 0. The van der Waals surface area contributed by atoms with Gasteiger partial charge in [0.05, 0.1) is 34.3 Å². The van der Waals surface area contributed by atoms with Crippen molar-refractivity contribution in [3.63, 3.8) is 0 Å². The number of nitrogens with one attached hydrogen (secondary N) is 2. The van der Waals surface area contributed by atoms with Crippen molar-refractivity contribution in [1.82, 2.24) is 20.4 Å². The van der Waals surface area contributed by atoms with E-state index >= 15 is 0 Å². The molecule has 6 N–H and O–H groups in total. The molecule has 6 rings (SSSR count). The van der Waals surface area contributed by atoms with Crippen LogP contribution in [0.4, 0.5) is 0 Å². The Balaban J connectivity index is 0.000000190. The second-order valence-corrected chi connectivity index (χ2v) is 10.6. The maximum atomic E-state index is 12.2. The number of amides is 4. The number of fused-ring (bicyclic) bond motifs is 2. The first-order valence-electron chi connectivity index (χ1n) is 14.2. The van der Waals surface area contributed by atoms with Gasteiger partial charge in [0.25, 0.3) is 23.6 Å². The molecular formula is C31H38N4O10. The molecular weight excluding hydrogens is 588 g/mol. The predicted octanol–water partition coefficient (Wildman–Crippen LogP) is 0.583. The summed E-state index contributed by atoms with van der Waals surface area (Å²) in [4.78, 5) is 71.1. The topological polar surface area (TPSA) is 214 Å². The van der Waals surface area contributed by atoms with Crippen LogP contribution in [0.1, 0.15) is 74.5 Å². The molecule has 0 saturated carbocycles. The number of aliphatic hydroxyl groups excluding tert-OH is 2. The molecule has 2 fully saturated rings. The number of hydrogen-bond donors (Lipinski definition) is 6. The second kappa shape index (κ2) is 15.5. The van der Waals surface area contributed by atoms with Crippen molar-refractivity contribution in [3.8, 4) is 0 Å². The van der Waals surface area contributed by atoms with Crippen LogP contribution in [0.15, 0.2) is 48.5 Å². The maximum absolute atomic E-state index is 12.2. The van der Waals surface area contributed by atoms with E-state index in [4.69, 9.17) is 20.4 Å². The van der Waals surface area contributed by atoms with Gasteiger partial charge >= 0.3 is 11.9 Å². The van der Waals surface area contributed by atoms with Crippen molar-refractivity contribution in [2.24, 2.45) is 0 Å². The fraction of sp³-hybridized carbons (Fsp3) is 0.419. The van der Waals surface area contributed by atoms with Crippen LogP contribution in [0, 0.1) is 0 Å². The summed E-state index contributed by atoms with van der Waals surface area (Å²) < 4.78 is 0. The highest BCUT2D eigenvalue weighted by Gasteiger charge is 2.41. The first kappa shape index (κ1) is 35.0. The number of aliphatic hydroxyl groups is 2. The third-order valence-corrected chi connectivity index (χ3v) is 7.73. The summed E-state index contributed by atoms with van der Waals surface area (Å²) in [6.07, 6.45) is -0.706. The smallest absolute Gasteiger partial charge is 0.335 e. The average Bonchev–Trinajstić information content (AvgIpc) is 3.46. The molecule has 2 aromatic rings. The number of carboxylic acid groups (broad SMARTS) is 2. The Hall–Kier alpha value is -4.50. The average molecular weight is 627 g/mol. The molecule has 0 aromatic heterocycles. The molecule has 0 radical (unpaired) electrons. The summed E-state index contributed by atoms with van der Waals surface area (Å²) in [5.74, 6) is -4.10. The first-order valence-corrected chi connectivity index (χ1v) is 14.2. The van der Waals surface area contributed by atoms with Gasteiger partial charge in [-0.25, -0.2) is 9.59 Å². The summed E-state index contributed by atoms with van der Waals surface area (Å²) in [6, 6.07) is 14.1. The van der Waals surface area contributed by atoms with E-state index in [0.29, 0.717) is 35.3 Å². The molecule has 2 saturated heterocycles. The molecule has 2 aromatic carbocycles. The second-order valence-electron chi connectivity index (χ2n) is 10.6. The van der Waals surface area contributed by atoms with Crippen molar-refractivity contribution in [3.05, 3.63) is 70.8 Å². The normalized spacial score (nSPS) is 21.6. The number of aliphatic carboxylic acids is 2. The van der Waals surface area contributed by atoms with E-state index in [1.165, 1.54) is 9.80 Å². The van der Waals surface area contributed by atoms with Crippen LogP contribution in [0.25, 0.3) is 0 Å². The van der Waals surface area contributed by atoms with Crippen LogP contribution in [0.5, 0.6) is 0 Å². The van der Waals surface area contributed by atoms with Gasteiger partial charge in [-0.3, -0.25) is 29.0 Å². The Morgan fingerprint density at radius 3 is 1.13 bits per heavy atom. The van der Waals surface area contributed by atoms with E-state index in [1.54, 1.807) is 48.5 Å². The number of carbonyl (C=O) groups excluding carboxylic acids is 4. The lowest BCUT2D eigenvalue weighted by Gasteiger charge is -2.29. The van der Waals surface area contributed by atoms with Crippen molar-refractivity contribution >= 4 is 35.6 Å². The molecule has 4 atom stereocenters. The molecule has 242 valence electrons. The SMILES string of the molecule is C.O=C(O)[C@@H](O)[C@H](O)C(=O)O.O=C1c2ccccc2C(=O)N1C1CCCNC1.O=C1c2ccccc2C(=O)N1[C@@H]1CCCNC1. The molecule has 0 spiro atoms. The quantitative estimate of drug-likeness (QED) is 0.252. The molecule has 0 aliphatic carbocycles. The van der Waals surface area contributed by atoms with E-state index in [2.05, 4.69) is 10.6 Å². The molecule has 14 heteroatoms. The number of piperidine rings is 2. The number of imide groups is 2. The van der Waals surface area contributed by atoms with Gasteiger partial charge in [-0.1, -0.05) is 31.7 Å². The lowest BCUT2D eigenvalue weighted by Crippen LogP contribution is -2.48. The zero-order valence-corrected chi connectivity index (χ0v) is 23.7. The fourth-order valence-electron chi connectivity index (χ4n) is 5.46. The Morgan fingerprint density at radius 1 is 0.622 bits per heavy atom. The number of hydrogen-bond acceptors (Lipinski definition) is 10. The molecule has 14 nitrogen and oxygen atoms in total. The monoisotopic (exact) mass is 626 g/mol. The number of benzene rings is 2. The minimum Gasteiger partial charge on any atom is -0.479 e. The Morgan fingerprint density at radius 2 is 0.911 bits per heavy atom. The summed E-state index contributed by atoms with van der Waals surface area (Å²) in [5.41, 5.74) is 2.18. The van der Waals surface area contributed by atoms with E-state index in [9.17, 15) is 28.8 Å². The van der Waals surface area contributed by atoms with Crippen molar-refractivity contribution in [1.29, 1.82) is 0 Å². The number of carbonyl (C=O) groups is 6. The van der Waals surface area contributed by atoms with Crippen molar-refractivity contribution in [2.75, 3.05) is 26.2 Å². The zero-order valence-electron chi connectivity index (χ0n) is 23.7. The Labute approximate surface area is 259 Å². The van der Waals surface area contributed by atoms with Gasteiger partial charge in [-0.05, 0) is 63.0 Å². The van der Waals surface area contributed by atoms with Crippen LogP contribution in [0.2, 0.25) is 0 Å². The molecule has 1 unspecified atom stereocenters. The standard InChI is InChI=1S/2C13H14N2O2.C4H6O6.CH4/c2*16-12-10-5-1-2-6-11(10)13(17)15(12)9-4-3-7-14-8-9;5-1(3(7)8)2(6)4(9)10;/h2*1-2,5-6,9,14H,3-4,7-8H2;1-2,5-6H,(H,7,8)(H,9,10);1H4/t9-;;1-,2-;/m1.0./s1. The van der Waals surface area contributed by atoms with Crippen molar-refractivity contribution < 1.29 is 49.2 Å². The lowest BCUT2D eigenvalue weighted by atomic mass is 10.1. The Kier molecular flexibility index (Phi) is 12.0. The highest BCUT2D eigenvalue weighted by molar-refractivity contribution is 6.22. The third-order valence-electron chi connectivity index (χ3n) is 7.73. The minimum atomic E-state index is -2.27. The molecule has 4 aliphatic heterocycles. The van der Waals surface area contributed by atoms with Gasteiger partial charge in [0.15, 0.2) is 12.2 Å². The van der Waals surface area contributed by atoms with Crippen LogP contribution in [0.3, 0.4) is 0 Å². The van der Waals surface area contributed by atoms with E-state index in [-0.39, 0.29) is 43.1 Å². The van der Waals surface area contributed by atoms with Crippen LogP contribution < -0.4 is 10.6 Å². The molecule has 0 bridgehead atoms. The number of rotatable bonds is 5. The maximum Gasteiger partial charge on any atom is 0.335 e. The van der Waals surface area contributed by atoms with E-state index < -0.39 is 24.1 Å². The first-order chi connectivity index (χ1) is 21.0. The molecule has 4 aliphatic rings. The summed E-state index contributed by atoms with van der Waals surface area (Å²) in [6.45, 7) is 3.37. The number of nitrogens with zero attached hydrogens (tertiary/aromatic N) is 2.